The van der Waals surface area contributed by atoms with Gasteiger partial charge in [-0.1, -0.05) is 17.7 Å². The van der Waals surface area contributed by atoms with Gasteiger partial charge in [-0.15, -0.1) is 0 Å². The van der Waals surface area contributed by atoms with Crippen LogP contribution in [-0.4, -0.2) is 15.5 Å². The van der Waals surface area contributed by atoms with E-state index in [1.54, 1.807) is 25.1 Å². The number of nitrogen functional groups attached to an aromatic ring is 1. The Balaban J connectivity index is 2.41. The van der Waals surface area contributed by atoms with Crippen molar-refractivity contribution in [2.24, 2.45) is 0 Å². The number of hydrogen-bond acceptors (Lipinski definition) is 4. The Bertz CT molecular complexity index is 776. The molecule has 0 aliphatic rings. The molecule has 0 amide bonds. The van der Waals surface area contributed by atoms with Crippen LogP contribution in [0.4, 0.5) is 11.4 Å². The highest BCUT2D eigenvalue weighted by Crippen LogP contribution is 2.27. The zero-order valence-electron chi connectivity index (χ0n) is 11.6. The number of aryl methyl sites for hydroxylation is 1. The summed E-state index contributed by atoms with van der Waals surface area (Å²) in [4.78, 5) is -0.0114. The summed E-state index contributed by atoms with van der Waals surface area (Å²) in [5, 5.41) is 0.445. The van der Waals surface area contributed by atoms with Gasteiger partial charge in [0.2, 0.25) is 0 Å². The van der Waals surface area contributed by atoms with Crippen LogP contribution in [0.1, 0.15) is 5.56 Å². The maximum absolute atomic E-state index is 12.4. The number of ether oxygens (including phenoxy) is 1. The lowest BCUT2D eigenvalue weighted by Gasteiger charge is -2.13. The lowest BCUT2D eigenvalue weighted by molar-refractivity contribution is 0.414. The second-order valence-corrected chi connectivity index (χ2v) is 6.56. The molecule has 0 aliphatic carbocycles. The highest BCUT2D eigenvalue weighted by molar-refractivity contribution is 7.92. The SMILES string of the molecule is COc1ccc(S(=O)(=O)Nc2cc(Cl)ccc2C)c(N)c1. The predicted molar refractivity (Wildman–Crippen MR) is 84.4 cm³/mol. The van der Waals surface area contributed by atoms with E-state index >= 15 is 0 Å². The van der Waals surface area contributed by atoms with Gasteiger partial charge in [0.25, 0.3) is 10.0 Å². The van der Waals surface area contributed by atoms with Crippen molar-refractivity contribution < 1.29 is 13.2 Å². The van der Waals surface area contributed by atoms with Crippen LogP contribution >= 0.6 is 11.6 Å². The topological polar surface area (TPSA) is 81.4 Å². The van der Waals surface area contributed by atoms with E-state index in [0.717, 1.165) is 5.56 Å². The highest BCUT2D eigenvalue weighted by atomic mass is 35.5. The third-order valence-corrected chi connectivity index (χ3v) is 4.62. The normalized spacial score (nSPS) is 11.2. The molecule has 0 unspecified atom stereocenters. The third kappa shape index (κ3) is 3.40. The van der Waals surface area contributed by atoms with Crippen LogP contribution < -0.4 is 15.2 Å². The number of methoxy groups -OCH3 is 1. The van der Waals surface area contributed by atoms with Crippen molar-refractivity contribution in [1.29, 1.82) is 0 Å². The van der Waals surface area contributed by atoms with E-state index in [4.69, 9.17) is 22.1 Å². The minimum absolute atomic E-state index is 0.0114. The van der Waals surface area contributed by atoms with E-state index in [1.165, 1.54) is 25.3 Å². The van der Waals surface area contributed by atoms with Crippen molar-refractivity contribution in [2.75, 3.05) is 17.6 Å². The Morgan fingerprint density at radius 2 is 1.90 bits per heavy atom. The van der Waals surface area contributed by atoms with E-state index in [9.17, 15) is 8.42 Å². The molecule has 0 saturated carbocycles. The molecule has 0 fully saturated rings. The summed E-state index contributed by atoms with van der Waals surface area (Å²) in [6.45, 7) is 1.78. The van der Waals surface area contributed by atoms with Crippen LogP contribution in [0.3, 0.4) is 0 Å². The smallest absolute Gasteiger partial charge is 0.263 e. The van der Waals surface area contributed by atoms with Gasteiger partial charge in [0.1, 0.15) is 10.6 Å². The van der Waals surface area contributed by atoms with E-state index in [0.29, 0.717) is 16.5 Å². The molecule has 0 saturated heterocycles. The molecule has 3 N–H and O–H groups in total. The molecule has 0 atom stereocenters. The number of nitrogens with one attached hydrogen (secondary N) is 1. The number of rotatable bonds is 4. The van der Waals surface area contributed by atoms with Gasteiger partial charge in [-0.2, -0.15) is 0 Å². The predicted octanol–water partition coefficient (Wildman–Crippen LogP) is 3.04. The van der Waals surface area contributed by atoms with Gasteiger partial charge in [-0.3, -0.25) is 4.72 Å². The molecule has 7 heteroatoms. The maximum Gasteiger partial charge on any atom is 0.263 e. The fourth-order valence-electron chi connectivity index (χ4n) is 1.80. The first-order valence-corrected chi connectivity index (χ1v) is 7.92. The van der Waals surface area contributed by atoms with Crippen molar-refractivity contribution in [3.05, 3.63) is 47.0 Å². The summed E-state index contributed by atoms with van der Waals surface area (Å²) in [6, 6.07) is 9.37. The summed E-state index contributed by atoms with van der Waals surface area (Å²) in [5.41, 5.74) is 7.07. The monoisotopic (exact) mass is 326 g/mol. The fraction of sp³-hybridized carbons (Fsp3) is 0.143. The summed E-state index contributed by atoms with van der Waals surface area (Å²) in [5.74, 6) is 0.491. The Kier molecular flexibility index (Phi) is 4.29. The average molecular weight is 327 g/mol. The standard InChI is InChI=1S/C14H15ClN2O3S/c1-9-3-4-10(15)7-13(9)17-21(18,19)14-6-5-11(20-2)8-12(14)16/h3-8,17H,16H2,1-2H3. The summed E-state index contributed by atoms with van der Waals surface area (Å²) >= 11 is 5.89. The van der Waals surface area contributed by atoms with Gasteiger partial charge in [0.05, 0.1) is 18.5 Å². The van der Waals surface area contributed by atoms with Crippen molar-refractivity contribution in [3.8, 4) is 5.75 Å². The number of anilines is 2. The van der Waals surface area contributed by atoms with E-state index in [2.05, 4.69) is 4.72 Å². The largest absolute Gasteiger partial charge is 0.497 e. The van der Waals surface area contributed by atoms with Gasteiger partial charge in [0.15, 0.2) is 0 Å². The number of sulfonamides is 1. The zero-order valence-corrected chi connectivity index (χ0v) is 13.1. The molecule has 112 valence electrons. The van der Waals surface area contributed by atoms with Crippen LogP contribution in [0, 0.1) is 6.92 Å². The molecule has 0 aliphatic heterocycles. The number of halogens is 1. The van der Waals surface area contributed by atoms with Crippen LogP contribution in [0.15, 0.2) is 41.3 Å². The molecule has 2 aromatic rings. The molecule has 21 heavy (non-hydrogen) atoms. The van der Waals surface area contributed by atoms with Crippen LogP contribution in [0.2, 0.25) is 5.02 Å². The van der Waals surface area contributed by atoms with Gasteiger partial charge in [0, 0.05) is 11.1 Å². The third-order valence-electron chi connectivity index (χ3n) is 2.95. The molecule has 0 heterocycles. The van der Waals surface area contributed by atoms with Gasteiger partial charge >= 0.3 is 0 Å². The minimum atomic E-state index is -3.80. The summed E-state index contributed by atoms with van der Waals surface area (Å²) in [7, 11) is -2.31. The van der Waals surface area contributed by atoms with Crippen molar-refractivity contribution in [3.63, 3.8) is 0 Å². The van der Waals surface area contributed by atoms with Crippen LogP contribution in [0.5, 0.6) is 5.75 Å². The first-order valence-electron chi connectivity index (χ1n) is 6.06. The van der Waals surface area contributed by atoms with Crippen molar-refractivity contribution in [2.45, 2.75) is 11.8 Å². The van der Waals surface area contributed by atoms with Gasteiger partial charge in [-0.05, 0) is 36.8 Å². The lowest BCUT2D eigenvalue weighted by Crippen LogP contribution is -2.15. The van der Waals surface area contributed by atoms with E-state index in [-0.39, 0.29) is 10.6 Å². The second kappa shape index (κ2) is 5.83. The Morgan fingerprint density at radius 1 is 1.19 bits per heavy atom. The Hall–Kier alpha value is -1.92. The van der Waals surface area contributed by atoms with Crippen LogP contribution in [0.25, 0.3) is 0 Å². The fourth-order valence-corrected chi connectivity index (χ4v) is 3.21. The summed E-state index contributed by atoms with van der Waals surface area (Å²) < 4.78 is 32.3. The van der Waals surface area contributed by atoms with Crippen LogP contribution in [-0.2, 0) is 10.0 Å². The molecule has 5 nitrogen and oxygen atoms in total. The van der Waals surface area contributed by atoms with Crippen molar-refractivity contribution in [1.82, 2.24) is 0 Å². The zero-order chi connectivity index (χ0) is 15.6. The Morgan fingerprint density at radius 3 is 2.52 bits per heavy atom. The average Bonchev–Trinajstić information content (AvgIpc) is 2.42. The minimum Gasteiger partial charge on any atom is -0.497 e. The molecule has 0 bridgehead atoms. The molecule has 0 aromatic heterocycles. The molecule has 0 radical (unpaired) electrons. The maximum atomic E-state index is 12.4. The highest BCUT2D eigenvalue weighted by Gasteiger charge is 2.19. The molecular formula is C14H15ClN2O3S. The molecule has 2 aromatic carbocycles. The summed E-state index contributed by atoms with van der Waals surface area (Å²) in [6.07, 6.45) is 0. The van der Waals surface area contributed by atoms with Gasteiger partial charge in [-0.25, -0.2) is 8.42 Å². The molecule has 0 spiro atoms. The lowest BCUT2D eigenvalue weighted by atomic mass is 10.2. The van der Waals surface area contributed by atoms with Crippen molar-refractivity contribution >= 4 is 33.0 Å². The molecular weight excluding hydrogens is 312 g/mol. The number of hydrogen-bond donors (Lipinski definition) is 2. The number of nitrogens with two attached hydrogens (primary N) is 1. The second-order valence-electron chi connectivity index (χ2n) is 4.47. The van der Waals surface area contributed by atoms with Gasteiger partial charge < -0.3 is 10.5 Å². The first kappa shape index (κ1) is 15.5. The number of benzene rings is 2. The quantitative estimate of drug-likeness (QED) is 0.846. The Labute approximate surface area is 128 Å². The molecule has 2 rings (SSSR count). The van der Waals surface area contributed by atoms with E-state index < -0.39 is 10.0 Å². The van der Waals surface area contributed by atoms with E-state index in [1.807, 2.05) is 0 Å². The first-order chi connectivity index (χ1) is 9.83.